The maximum atomic E-state index is 12.9. The number of ether oxygens (including phenoxy) is 2. The highest BCUT2D eigenvalue weighted by atomic mass is 79.9. The van der Waals surface area contributed by atoms with Crippen molar-refractivity contribution in [3.63, 3.8) is 0 Å². The zero-order chi connectivity index (χ0) is 19.7. The number of fused-ring (bicyclic) bond motifs is 1. The largest absolute Gasteiger partial charge is 0.468 e. The van der Waals surface area contributed by atoms with E-state index >= 15 is 0 Å². The van der Waals surface area contributed by atoms with Crippen LogP contribution in [0.2, 0.25) is 0 Å². The molecule has 1 aromatic carbocycles. The van der Waals surface area contributed by atoms with Crippen LogP contribution in [-0.4, -0.2) is 45.0 Å². The number of rotatable bonds is 5. The number of hydrogen-bond acceptors (Lipinski definition) is 7. The summed E-state index contributed by atoms with van der Waals surface area (Å²) < 4.78 is 25.5. The van der Waals surface area contributed by atoms with Gasteiger partial charge in [0.2, 0.25) is 17.7 Å². The predicted octanol–water partition coefficient (Wildman–Crippen LogP) is 1.50. The van der Waals surface area contributed by atoms with Crippen molar-refractivity contribution in [2.45, 2.75) is 12.6 Å². The molecular weight excluding hydrogens is 437 g/mol. The summed E-state index contributed by atoms with van der Waals surface area (Å²) in [5.74, 6) is -1.06. The molecule has 0 atom stereocenters. The minimum atomic E-state index is -0.627. The van der Waals surface area contributed by atoms with E-state index in [0.717, 1.165) is 21.5 Å². The van der Waals surface area contributed by atoms with Gasteiger partial charge in [0.1, 0.15) is 12.6 Å². The van der Waals surface area contributed by atoms with Crippen molar-refractivity contribution in [3.8, 4) is 5.88 Å². The van der Waals surface area contributed by atoms with Gasteiger partial charge in [-0.05, 0) is 18.2 Å². The molecule has 9 nitrogen and oxygen atoms in total. The molecule has 0 spiro atoms. The lowest BCUT2D eigenvalue weighted by Gasteiger charge is -2.26. The Morgan fingerprint density at radius 3 is 2.75 bits per heavy atom. The maximum Gasteiger partial charge on any atom is 0.275 e. The van der Waals surface area contributed by atoms with Gasteiger partial charge in [0, 0.05) is 4.47 Å². The molecule has 1 N–H and O–H groups in total. The Bertz CT molecular complexity index is 1100. The Balaban J connectivity index is 1.64. The van der Waals surface area contributed by atoms with Crippen LogP contribution < -0.4 is 15.6 Å². The number of anilines is 1. The van der Waals surface area contributed by atoms with E-state index < -0.39 is 17.3 Å². The summed E-state index contributed by atoms with van der Waals surface area (Å²) in [4.78, 5) is 32.3. The predicted molar refractivity (Wildman–Crippen MR) is 99.6 cm³/mol. The molecule has 0 bridgehead atoms. The second-order valence-corrected chi connectivity index (χ2v) is 6.92. The molecule has 3 heterocycles. The topological polar surface area (TPSA) is 108 Å². The second kappa shape index (κ2) is 7.60. The Kier molecular flexibility index (Phi) is 5.01. The van der Waals surface area contributed by atoms with Crippen LogP contribution in [0.3, 0.4) is 0 Å². The number of nitrogens with zero attached hydrogens (tertiary/aromatic N) is 4. The van der Waals surface area contributed by atoms with Gasteiger partial charge in [0.05, 0.1) is 36.4 Å². The Morgan fingerprint density at radius 1 is 1.32 bits per heavy atom. The molecule has 0 aliphatic carbocycles. The van der Waals surface area contributed by atoms with Gasteiger partial charge in [-0.3, -0.25) is 14.9 Å². The molecule has 28 heavy (non-hydrogen) atoms. The lowest BCUT2D eigenvalue weighted by Crippen LogP contribution is -2.39. The lowest BCUT2D eigenvalue weighted by molar-refractivity contribution is -0.117. The highest BCUT2D eigenvalue weighted by molar-refractivity contribution is 9.10. The number of hydrogen-bond donors (Lipinski definition) is 1. The zero-order valence-corrected chi connectivity index (χ0v) is 15.8. The molecule has 4 rings (SSSR count). The monoisotopic (exact) mass is 449 g/mol. The van der Waals surface area contributed by atoms with E-state index in [0.29, 0.717) is 24.0 Å². The number of halogens is 2. The minimum Gasteiger partial charge on any atom is -0.468 e. The maximum absolute atomic E-state index is 12.9. The van der Waals surface area contributed by atoms with E-state index in [1.165, 1.54) is 0 Å². The van der Waals surface area contributed by atoms with E-state index in [-0.39, 0.29) is 24.5 Å². The fourth-order valence-corrected chi connectivity index (χ4v) is 2.90. The fraction of sp³-hybridized carbons (Fsp3) is 0.235. The summed E-state index contributed by atoms with van der Waals surface area (Å²) in [5.41, 5.74) is -0.449. The van der Waals surface area contributed by atoms with Crippen LogP contribution in [0.25, 0.3) is 10.8 Å². The highest BCUT2D eigenvalue weighted by Gasteiger charge is 2.23. The summed E-state index contributed by atoms with van der Waals surface area (Å²) in [6.45, 7) is 0.473. The van der Waals surface area contributed by atoms with Crippen LogP contribution in [0, 0.1) is 5.82 Å². The number of aromatic nitrogens is 4. The number of carbonyl (C=O) groups excluding carboxylic acids is 1. The number of nitrogens with one attached hydrogen (secondary N) is 1. The number of amides is 1. The van der Waals surface area contributed by atoms with Crippen molar-refractivity contribution in [1.82, 2.24) is 19.7 Å². The molecule has 144 valence electrons. The minimum absolute atomic E-state index is 0.0766. The van der Waals surface area contributed by atoms with Crippen LogP contribution in [-0.2, 0) is 16.1 Å². The van der Waals surface area contributed by atoms with Crippen LogP contribution >= 0.6 is 15.9 Å². The molecule has 0 saturated carbocycles. The van der Waals surface area contributed by atoms with Crippen molar-refractivity contribution in [2.75, 3.05) is 18.5 Å². The van der Waals surface area contributed by atoms with Crippen LogP contribution in [0.1, 0.15) is 0 Å². The van der Waals surface area contributed by atoms with E-state index in [4.69, 9.17) is 9.47 Å². The Morgan fingerprint density at radius 2 is 2.07 bits per heavy atom. The van der Waals surface area contributed by atoms with Crippen LogP contribution in [0.5, 0.6) is 5.88 Å². The molecule has 0 unspecified atom stereocenters. The van der Waals surface area contributed by atoms with E-state index in [2.05, 4.69) is 36.3 Å². The van der Waals surface area contributed by atoms with Crippen LogP contribution in [0.4, 0.5) is 10.3 Å². The molecule has 1 aliphatic heterocycles. The normalized spacial score (nSPS) is 13.9. The molecule has 11 heteroatoms. The van der Waals surface area contributed by atoms with E-state index in [9.17, 15) is 14.0 Å². The number of benzene rings is 1. The summed E-state index contributed by atoms with van der Waals surface area (Å²) in [6.07, 6.45) is 1.68. The third-order valence-electron chi connectivity index (χ3n) is 3.94. The van der Waals surface area contributed by atoms with Gasteiger partial charge in [-0.15, -0.1) is 5.10 Å². The first-order valence-electron chi connectivity index (χ1n) is 8.22. The van der Waals surface area contributed by atoms with Crippen LogP contribution in [0.15, 0.2) is 39.9 Å². The van der Waals surface area contributed by atoms with Crippen molar-refractivity contribution < 1.29 is 18.7 Å². The van der Waals surface area contributed by atoms with E-state index in [1.54, 1.807) is 18.2 Å². The molecule has 1 fully saturated rings. The summed E-state index contributed by atoms with van der Waals surface area (Å²) >= 11 is 3.37. The van der Waals surface area contributed by atoms with Crippen molar-refractivity contribution in [2.24, 2.45) is 0 Å². The molecule has 2 aromatic heterocycles. The fourth-order valence-electron chi connectivity index (χ4n) is 2.54. The molecule has 1 saturated heterocycles. The first-order chi connectivity index (χ1) is 13.5. The molecule has 1 aliphatic rings. The summed E-state index contributed by atoms with van der Waals surface area (Å²) in [5, 5.41) is 7.48. The van der Waals surface area contributed by atoms with Gasteiger partial charge in [0.15, 0.2) is 5.82 Å². The molecule has 1 amide bonds. The van der Waals surface area contributed by atoms with Gasteiger partial charge in [-0.1, -0.05) is 15.9 Å². The zero-order valence-electron chi connectivity index (χ0n) is 14.3. The standard InChI is InChI=1S/C17H13BrFN5O4/c18-9-1-2-12-13(3-9)15(28-11-7-27-8-11)23-24(16(12)26)6-14(25)22-17-20-4-10(19)5-21-17/h1-5,11H,6-8H2,(H,20,21,22,25). The summed E-state index contributed by atoms with van der Waals surface area (Å²) in [7, 11) is 0. The average molecular weight is 450 g/mol. The third-order valence-corrected chi connectivity index (χ3v) is 4.43. The summed E-state index contributed by atoms with van der Waals surface area (Å²) in [6, 6.07) is 5.08. The van der Waals surface area contributed by atoms with Gasteiger partial charge >= 0.3 is 0 Å². The first-order valence-corrected chi connectivity index (χ1v) is 9.01. The SMILES string of the molecule is O=C(Cn1nc(OC2COC2)c2cc(Br)ccc2c1=O)Nc1ncc(F)cn1. The van der Waals surface area contributed by atoms with Gasteiger partial charge in [0.25, 0.3) is 5.56 Å². The molecule has 0 radical (unpaired) electrons. The van der Waals surface area contributed by atoms with Crippen molar-refractivity contribution in [1.29, 1.82) is 0 Å². The quantitative estimate of drug-likeness (QED) is 0.628. The highest BCUT2D eigenvalue weighted by Crippen LogP contribution is 2.26. The van der Waals surface area contributed by atoms with Gasteiger partial charge < -0.3 is 9.47 Å². The van der Waals surface area contributed by atoms with Gasteiger partial charge in [-0.25, -0.2) is 19.0 Å². The molecular formula is C17H13BrFN5O4. The van der Waals surface area contributed by atoms with Crippen molar-refractivity contribution >= 4 is 38.6 Å². The Labute approximate surface area is 165 Å². The van der Waals surface area contributed by atoms with Crippen molar-refractivity contribution in [3.05, 3.63) is 51.2 Å². The number of carbonyl (C=O) groups is 1. The molecule has 3 aromatic rings. The lowest BCUT2D eigenvalue weighted by atomic mass is 10.2. The smallest absolute Gasteiger partial charge is 0.275 e. The second-order valence-electron chi connectivity index (χ2n) is 6.01. The third kappa shape index (κ3) is 3.85. The van der Waals surface area contributed by atoms with E-state index in [1.807, 2.05) is 0 Å². The first kappa shape index (κ1) is 18.4. The average Bonchev–Trinajstić information content (AvgIpc) is 2.63. The Hall–Kier alpha value is -2.92. The van der Waals surface area contributed by atoms with Gasteiger partial charge in [-0.2, -0.15) is 0 Å².